The molecule has 1 N–H and O–H groups in total. The molecule has 0 atom stereocenters. The van der Waals surface area contributed by atoms with Gasteiger partial charge in [-0.2, -0.15) is 0 Å². The van der Waals surface area contributed by atoms with E-state index in [0.29, 0.717) is 16.4 Å². The quantitative estimate of drug-likeness (QED) is 0.626. The first-order chi connectivity index (χ1) is 7.85. The molecular weight excluding hydrogens is 240 g/mol. The molecule has 0 amide bonds. The first-order valence-corrected chi connectivity index (χ1v) is 5.61. The van der Waals surface area contributed by atoms with Crippen LogP contribution in [0, 0.1) is 0 Å². The number of nitrogens with zero attached hydrogens (tertiary/aromatic N) is 1. The lowest BCUT2D eigenvalue weighted by Gasteiger charge is -2.18. The highest BCUT2D eigenvalue weighted by molar-refractivity contribution is 6.29. The van der Waals surface area contributed by atoms with Crippen molar-refractivity contribution in [1.29, 1.82) is 0 Å². The number of nitrogens with one attached hydrogen (secondary N) is 1. The molecule has 2 heterocycles. The summed E-state index contributed by atoms with van der Waals surface area (Å²) in [6, 6.07) is 5.08. The third-order valence-electron chi connectivity index (χ3n) is 2.06. The van der Waals surface area contributed by atoms with E-state index in [1.165, 1.54) is 0 Å². The molecule has 0 radical (unpaired) electrons. The smallest absolute Gasteiger partial charge is 0.355 e. The normalized spacial score (nSPS) is 11.8. The number of esters is 1. The Morgan fingerprint density at radius 3 is 2.76 bits per heavy atom. The Morgan fingerprint density at radius 2 is 2.12 bits per heavy atom. The zero-order valence-corrected chi connectivity index (χ0v) is 10.6. The van der Waals surface area contributed by atoms with E-state index in [1.54, 1.807) is 18.2 Å². The molecule has 90 valence electrons. The molecule has 0 aliphatic rings. The average Bonchev–Trinajstić information content (AvgIpc) is 2.57. The first-order valence-electron chi connectivity index (χ1n) is 5.24. The van der Waals surface area contributed by atoms with Gasteiger partial charge in [0, 0.05) is 0 Å². The Bertz CT molecular complexity index is 569. The number of halogens is 1. The van der Waals surface area contributed by atoms with Gasteiger partial charge in [0.2, 0.25) is 0 Å². The number of H-pyrrole nitrogens is 1. The Kier molecular flexibility index (Phi) is 2.83. The van der Waals surface area contributed by atoms with Crippen LogP contribution in [0.25, 0.3) is 11.0 Å². The molecule has 2 aromatic rings. The van der Waals surface area contributed by atoms with Gasteiger partial charge in [0.05, 0.1) is 11.0 Å². The van der Waals surface area contributed by atoms with Crippen molar-refractivity contribution in [1.82, 2.24) is 9.97 Å². The molecule has 0 saturated carbocycles. The molecule has 4 nitrogen and oxygen atoms in total. The monoisotopic (exact) mass is 252 g/mol. The van der Waals surface area contributed by atoms with E-state index < -0.39 is 11.6 Å². The highest BCUT2D eigenvalue weighted by Crippen LogP contribution is 2.18. The Labute approximate surface area is 104 Å². The SMILES string of the molecule is CC(C)(C)OC(=O)c1cc2nc(Cl)ccc2[nH]1. The van der Waals surface area contributed by atoms with Gasteiger partial charge >= 0.3 is 5.97 Å². The molecule has 0 unspecified atom stereocenters. The number of aromatic amines is 1. The van der Waals surface area contributed by atoms with E-state index in [4.69, 9.17) is 16.3 Å². The standard InChI is InChI=1S/C12H13ClN2O2/c1-12(2,3)17-11(16)9-6-8-7(14-9)4-5-10(13)15-8/h4-6,14H,1-3H3. The van der Waals surface area contributed by atoms with Crippen molar-refractivity contribution in [3.8, 4) is 0 Å². The van der Waals surface area contributed by atoms with Crippen LogP contribution < -0.4 is 0 Å². The zero-order chi connectivity index (χ0) is 12.6. The van der Waals surface area contributed by atoms with Gasteiger partial charge in [-0.05, 0) is 39.0 Å². The maximum Gasteiger partial charge on any atom is 0.355 e. The highest BCUT2D eigenvalue weighted by atomic mass is 35.5. The van der Waals surface area contributed by atoms with Crippen molar-refractivity contribution >= 4 is 28.6 Å². The van der Waals surface area contributed by atoms with E-state index in [1.807, 2.05) is 20.8 Å². The molecule has 2 rings (SSSR count). The van der Waals surface area contributed by atoms with Gasteiger partial charge in [-0.15, -0.1) is 0 Å². The van der Waals surface area contributed by atoms with Gasteiger partial charge in [0.1, 0.15) is 16.4 Å². The van der Waals surface area contributed by atoms with E-state index in [-0.39, 0.29) is 0 Å². The number of hydrogen-bond donors (Lipinski definition) is 1. The van der Waals surface area contributed by atoms with Gasteiger partial charge < -0.3 is 9.72 Å². The molecule has 0 saturated heterocycles. The first kappa shape index (κ1) is 11.9. The number of ether oxygens (including phenoxy) is 1. The van der Waals surface area contributed by atoms with Crippen molar-refractivity contribution < 1.29 is 9.53 Å². The van der Waals surface area contributed by atoms with Crippen LogP contribution in [0.2, 0.25) is 5.15 Å². The van der Waals surface area contributed by atoms with Crippen molar-refractivity contribution in [2.24, 2.45) is 0 Å². The summed E-state index contributed by atoms with van der Waals surface area (Å²) in [6.45, 7) is 5.47. The van der Waals surface area contributed by atoms with Crippen LogP contribution in [0.15, 0.2) is 18.2 Å². The average molecular weight is 253 g/mol. The molecule has 0 fully saturated rings. The number of hydrogen-bond acceptors (Lipinski definition) is 3. The van der Waals surface area contributed by atoms with Crippen LogP contribution in [0.3, 0.4) is 0 Å². The predicted molar refractivity (Wildman–Crippen MR) is 66.3 cm³/mol. The fraction of sp³-hybridized carbons (Fsp3) is 0.333. The summed E-state index contributed by atoms with van der Waals surface area (Å²) in [5, 5.41) is 0.396. The number of carbonyl (C=O) groups excluding carboxylic acids is 1. The maximum atomic E-state index is 11.8. The van der Waals surface area contributed by atoms with Crippen molar-refractivity contribution in [3.05, 3.63) is 29.0 Å². The summed E-state index contributed by atoms with van der Waals surface area (Å²) < 4.78 is 5.25. The topological polar surface area (TPSA) is 55.0 Å². The summed E-state index contributed by atoms with van der Waals surface area (Å²) in [5.41, 5.74) is 1.28. The molecule has 17 heavy (non-hydrogen) atoms. The summed E-state index contributed by atoms with van der Waals surface area (Å²) in [6.07, 6.45) is 0. The second-order valence-electron chi connectivity index (χ2n) is 4.75. The maximum absolute atomic E-state index is 11.8. The summed E-state index contributed by atoms with van der Waals surface area (Å²) in [4.78, 5) is 18.9. The largest absolute Gasteiger partial charge is 0.455 e. The number of rotatable bonds is 1. The molecular formula is C12H13ClN2O2. The summed E-state index contributed by atoms with van der Waals surface area (Å²) >= 11 is 5.77. The van der Waals surface area contributed by atoms with E-state index in [9.17, 15) is 4.79 Å². The Morgan fingerprint density at radius 1 is 1.41 bits per heavy atom. The van der Waals surface area contributed by atoms with Crippen LogP contribution >= 0.6 is 11.6 Å². The molecule has 0 spiro atoms. The Balaban J connectivity index is 2.33. The minimum Gasteiger partial charge on any atom is -0.455 e. The highest BCUT2D eigenvalue weighted by Gasteiger charge is 2.19. The van der Waals surface area contributed by atoms with Crippen molar-refractivity contribution in [3.63, 3.8) is 0 Å². The molecule has 0 aliphatic carbocycles. The van der Waals surface area contributed by atoms with E-state index in [0.717, 1.165) is 5.52 Å². The van der Waals surface area contributed by atoms with E-state index in [2.05, 4.69) is 9.97 Å². The third-order valence-corrected chi connectivity index (χ3v) is 2.27. The van der Waals surface area contributed by atoms with Gasteiger partial charge in [0.15, 0.2) is 0 Å². The van der Waals surface area contributed by atoms with Crippen LogP contribution in [0.1, 0.15) is 31.3 Å². The fourth-order valence-electron chi connectivity index (χ4n) is 1.43. The molecule has 0 aromatic carbocycles. The second kappa shape index (κ2) is 4.04. The van der Waals surface area contributed by atoms with Gasteiger partial charge in [-0.3, -0.25) is 0 Å². The van der Waals surface area contributed by atoms with Crippen LogP contribution in [-0.4, -0.2) is 21.5 Å². The lowest BCUT2D eigenvalue weighted by Crippen LogP contribution is -2.24. The number of aromatic nitrogens is 2. The molecule has 0 aliphatic heterocycles. The van der Waals surface area contributed by atoms with Gasteiger partial charge in [0.25, 0.3) is 0 Å². The van der Waals surface area contributed by atoms with E-state index >= 15 is 0 Å². The van der Waals surface area contributed by atoms with Gasteiger partial charge in [-0.1, -0.05) is 11.6 Å². The predicted octanol–water partition coefficient (Wildman–Crippen LogP) is 3.17. The Hall–Kier alpha value is -1.55. The van der Waals surface area contributed by atoms with Gasteiger partial charge in [-0.25, -0.2) is 9.78 Å². The van der Waals surface area contributed by atoms with Crippen molar-refractivity contribution in [2.45, 2.75) is 26.4 Å². The zero-order valence-electron chi connectivity index (χ0n) is 9.87. The lowest BCUT2D eigenvalue weighted by molar-refractivity contribution is 0.00639. The summed E-state index contributed by atoms with van der Waals surface area (Å²) in [5.74, 6) is -0.397. The number of fused-ring (bicyclic) bond motifs is 1. The van der Waals surface area contributed by atoms with Crippen molar-refractivity contribution in [2.75, 3.05) is 0 Å². The fourth-order valence-corrected chi connectivity index (χ4v) is 1.58. The summed E-state index contributed by atoms with van der Waals surface area (Å²) in [7, 11) is 0. The minimum absolute atomic E-state index is 0.379. The van der Waals surface area contributed by atoms with Crippen LogP contribution in [-0.2, 0) is 4.74 Å². The molecule has 0 bridgehead atoms. The second-order valence-corrected chi connectivity index (χ2v) is 5.14. The minimum atomic E-state index is -0.514. The van der Waals surface area contributed by atoms with Crippen LogP contribution in [0.4, 0.5) is 0 Å². The number of carbonyl (C=O) groups is 1. The van der Waals surface area contributed by atoms with Crippen LogP contribution in [0.5, 0.6) is 0 Å². The molecule has 5 heteroatoms. The molecule has 2 aromatic heterocycles. The lowest BCUT2D eigenvalue weighted by atomic mass is 10.2. The third kappa shape index (κ3) is 2.77. The number of pyridine rings is 1.